The van der Waals surface area contributed by atoms with Gasteiger partial charge in [0, 0.05) is 30.4 Å². The molecule has 2 aromatic rings. The summed E-state index contributed by atoms with van der Waals surface area (Å²) < 4.78 is 4.89. The third-order valence-corrected chi connectivity index (χ3v) is 2.75. The molecule has 0 saturated heterocycles. The third-order valence-electron chi connectivity index (χ3n) is 2.75. The molecule has 0 unspecified atom stereocenters. The Morgan fingerprint density at radius 3 is 2.54 bits per heavy atom. The summed E-state index contributed by atoms with van der Waals surface area (Å²) in [5.74, 6) is -1.53. The highest BCUT2D eigenvalue weighted by Crippen LogP contribution is 2.15. The lowest BCUT2D eigenvalue weighted by molar-refractivity contribution is -0.146. The zero-order chi connectivity index (χ0) is 17.5. The lowest BCUT2D eigenvalue weighted by atomic mass is 10.2. The van der Waals surface area contributed by atoms with Crippen molar-refractivity contribution in [2.75, 3.05) is 5.32 Å². The fourth-order valence-electron chi connectivity index (χ4n) is 1.71. The molecular weight excluding hydrogens is 312 g/mol. The molecular formula is C16H16N4O4. The molecule has 8 heteroatoms. The molecule has 0 amide bonds. The number of carbonyl (C=O) groups excluding carboxylic acids is 1. The van der Waals surface area contributed by atoms with E-state index in [-0.39, 0.29) is 0 Å². The van der Waals surface area contributed by atoms with Gasteiger partial charge in [-0.25, -0.2) is 19.6 Å². The van der Waals surface area contributed by atoms with Gasteiger partial charge in [-0.1, -0.05) is 0 Å². The summed E-state index contributed by atoms with van der Waals surface area (Å²) in [6.07, 6.45) is 5.38. The van der Waals surface area contributed by atoms with Gasteiger partial charge < -0.3 is 15.2 Å². The van der Waals surface area contributed by atoms with Crippen molar-refractivity contribution in [3.63, 3.8) is 0 Å². The first kappa shape index (κ1) is 17.1. The lowest BCUT2D eigenvalue weighted by Crippen LogP contribution is -2.20. The van der Waals surface area contributed by atoms with Gasteiger partial charge in [-0.3, -0.25) is 4.98 Å². The van der Waals surface area contributed by atoms with Gasteiger partial charge in [-0.15, -0.1) is 0 Å². The van der Waals surface area contributed by atoms with Crippen LogP contribution in [0.3, 0.4) is 0 Å². The summed E-state index contributed by atoms with van der Waals surface area (Å²) >= 11 is 0. The van der Waals surface area contributed by atoms with Gasteiger partial charge in [0.05, 0.1) is 6.10 Å². The van der Waals surface area contributed by atoms with Crippen molar-refractivity contribution in [2.24, 2.45) is 0 Å². The summed E-state index contributed by atoms with van der Waals surface area (Å²) in [6, 6.07) is 5.05. The quantitative estimate of drug-likeness (QED) is 0.357. The molecule has 0 bridgehead atoms. The van der Waals surface area contributed by atoms with Crippen molar-refractivity contribution in [1.82, 2.24) is 15.0 Å². The molecule has 2 heterocycles. The van der Waals surface area contributed by atoms with Crippen molar-refractivity contribution in [2.45, 2.75) is 20.0 Å². The molecule has 0 aliphatic heterocycles. The topological polar surface area (TPSA) is 114 Å². The Kier molecular flexibility index (Phi) is 5.56. The first-order chi connectivity index (χ1) is 11.5. The summed E-state index contributed by atoms with van der Waals surface area (Å²) in [4.78, 5) is 35.2. The number of hydrogen-bond acceptors (Lipinski definition) is 7. The summed E-state index contributed by atoms with van der Waals surface area (Å²) in [6.45, 7) is 3.27. The minimum Gasteiger partial charge on any atom is -0.477 e. The SMILES string of the molecule is CC(C)OC(=O)C(=CNc1ccnc(-c2ccncc2)n1)C(=O)O. The first-order valence-corrected chi connectivity index (χ1v) is 7.12. The normalized spacial score (nSPS) is 11.2. The first-order valence-electron chi connectivity index (χ1n) is 7.12. The third kappa shape index (κ3) is 4.60. The maximum atomic E-state index is 11.8. The van der Waals surface area contributed by atoms with E-state index in [1.807, 2.05) is 0 Å². The van der Waals surface area contributed by atoms with Crippen LogP contribution in [0, 0.1) is 0 Å². The van der Waals surface area contributed by atoms with Gasteiger partial charge in [-0.2, -0.15) is 0 Å². The summed E-state index contributed by atoms with van der Waals surface area (Å²) in [5.41, 5.74) is 0.239. The average molecular weight is 328 g/mol. The van der Waals surface area contributed by atoms with E-state index in [0.717, 1.165) is 11.8 Å². The molecule has 124 valence electrons. The number of pyridine rings is 1. The Morgan fingerprint density at radius 1 is 1.21 bits per heavy atom. The number of nitrogens with one attached hydrogen (secondary N) is 1. The second-order valence-corrected chi connectivity index (χ2v) is 4.96. The second kappa shape index (κ2) is 7.82. The van der Waals surface area contributed by atoms with Gasteiger partial charge in [-0.05, 0) is 32.0 Å². The Morgan fingerprint density at radius 2 is 1.92 bits per heavy atom. The second-order valence-electron chi connectivity index (χ2n) is 4.96. The van der Waals surface area contributed by atoms with E-state index in [2.05, 4.69) is 20.3 Å². The number of hydrogen-bond donors (Lipinski definition) is 2. The molecule has 0 atom stereocenters. The molecule has 0 aliphatic rings. The highest BCUT2D eigenvalue weighted by molar-refractivity contribution is 6.13. The maximum Gasteiger partial charge on any atom is 0.347 e. The molecule has 2 N–H and O–H groups in total. The fourth-order valence-corrected chi connectivity index (χ4v) is 1.71. The van der Waals surface area contributed by atoms with E-state index in [1.54, 1.807) is 44.4 Å². The van der Waals surface area contributed by atoms with Gasteiger partial charge >= 0.3 is 11.9 Å². The van der Waals surface area contributed by atoms with Crippen LogP contribution in [0.2, 0.25) is 0 Å². The number of rotatable bonds is 6. The number of aromatic nitrogens is 3. The summed E-state index contributed by atoms with van der Waals surface area (Å²) in [5, 5.41) is 11.8. The Balaban J connectivity index is 2.20. The number of nitrogens with zero attached hydrogens (tertiary/aromatic N) is 3. The molecule has 0 spiro atoms. The van der Waals surface area contributed by atoms with Crippen LogP contribution in [0.25, 0.3) is 11.4 Å². The fraction of sp³-hybridized carbons (Fsp3) is 0.188. The van der Waals surface area contributed by atoms with E-state index < -0.39 is 23.6 Å². The number of carboxylic acid groups (broad SMARTS) is 1. The zero-order valence-corrected chi connectivity index (χ0v) is 13.1. The molecule has 0 radical (unpaired) electrons. The molecule has 24 heavy (non-hydrogen) atoms. The van der Waals surface area contributed by atoms with Gasteiger partial charge in [0.25, 0.3) is 0 Å². The largest absolute Gasteiger partial charge is 0.477 e. The number of carboxylic acids is 1. The predicted molar refractivity (Wildman–Crippen MR) is 85.8 cm³/mol. The molecule has 2 aromatic heterocycles. The molecule has 0 fully saturated rings. The smallest absolute Gasteiger partial charge is 0.347 e. The maximum absolute atomic E-state index is 11.8. The molecule has 0 aliphatic carbocycles. The van der Waals surface area contributed by atoms with Crippen LogP contribution in [0.4, 0.5) is 5.82 Å². The van der Waals surface area contributed by atoms with Crippen molar-refractivity contribution in [1.29, 1.82) is 0 Å². The minimum atomic E-state index is -1.39. The van der Waals surface area contributed by atoms with E-state index in [9.17, 15) is 9.59 Å². The van der Waals surface area contributed by atoms with Crippen LogP contribution in [0.15, 0.2) is 48.6 Å². The van der Waals surface area contributed by atoms with Crippen LogP contribution in [0.5, 0.6) is 0 Å². The Labute approximate surface area is 138 Å². The van der Waals surface area contributed by atoms with E-state index >= 15 is 0 Å². The van der Waals surface area contributed by atoms with Crippen molar-refractivity contribution in [3.8, 4) is 11.4 Å². The van der Waals surface area contributed by atoms with Crippen LogP contribution in [-0.4, -0.2) is 38.1 Å². The lowest BCUT2D eigenvalue weighted by Gasteiger charge is -2.09. The van der Waals surface area contributed by atoms with Crippen LogP contribution >= 0.6 is 0 Å². The van der Waals surface area contributed by atoms with Gasteiger partial charge in [0.15, 0.2) is 11.4 Å². The van der Waals surface area contributed by atoms with E-state index in [0.29, 0.717) is 11.6 Å². The number of aliphatic carboxylic acids is 1. The molecule has 0 saturated carbocycles. The van der Waals surface area contributed by atoms with Crippen molar-refractivity contribution >= 4 is 17.8 Å². The highest BCUT2D eigenvalue weighted by Gasteiger charge is 2.20. The Hall–Kier alpha value is -3.29. The van der Waals surface area contributed by atoms with Gasteiger partial charge in [0.2, 0.25) is 0 Å². The molecule has 2 rings (SSSR count). The van der Waals surface area contributed by atoms with Crippen molar-refractivity contribution in [3.05, 3.63) is 48.6 Å². The number of carbonyl (C=O) groups is 2. The predicted octanol–water partition coefficient (Wildman–Crippen LogP) is 1.87. The van der Waals surface area contributed by atoms with Crippen LogP contribution in [0.1, 0.15) is 13.8 Å². The number of ether oxygens (including phenoxy) is 1. The molecule has 0 aromatic carbocycles. The van der Waals surface area contributed by atoms with E-state index in [1.165, 1.54) is 6.20 Å². The monoisotopic (exact) mass is 328 g/mol. The molecule has 8 nitrogen and oxygen atoms in total. The number of esters is 1. The summed E-state index contributed by atoms with van der Waals surface area (Å²) in [7, 11) is 0. The number of anilines is 1. The highest BCUT2D eigenvalue weighted by atomic mass is 16.5. The minimum absolute atomic E-state index is 0.341. The average Bonchev–Trinajstić information content (AvgIpc) is 2.55. The zero-order valence-electron chi connectivity index (χ0n) is 13.1. The van der Waals surface area contributed by atoms with Crippen LogP contribution in [-0.2, 0) is 14.3 Å². The van der Waals surface area contributed by atoms with Crippen molar-refractivity contribution < 1.29 is 19.4 Å². The van der Waals surface area contributed by atoms with Crippen LogP contribution < -0.4 is 5.32 Å². The van der Waals surface area contributed by atoms with Gasteiger partial charge in [0.1, 0.15) is 5.82 Å². The van der Waals surface area contributed by atoms with E-state index in [4.69, 9.17) is 9.84 Å². The Bertz CT molecular complexity index is 760. The standard InChI is InChI=1S/C16H16N4O4/c1-10(2)24-16(23)12(15(21)22)9-19-13-5-8-18-14(20-13)11-3-6-17-7-4-11/h3-10H,1-2H3,(H,21,22)(H,18,19,20).